The van der Waals surface area contributed by atoms with E-state index in [0.29, 0.717) is 16.6 Å². The SMILES string of the molecule is O=C(Nc1ncc(Cc2ccc(Cl)cc2)s1)c1cc(F)c(F)cc1Cl. The first kappa shape index (κ1) is 17.8. The smallest absolute Gasteiger partial charge is 0.259 e. The molecule has 0 aliphatic carbocycles. The lowest BCUT2D eigenvalue weighted by Gasteiger charge is -2.05. The Morgan fingerprint density at radius 2 is 1.80 bits per heavy atom. The Bertz CT molecular complexity index is 929. The van der Waals surface area contributed by atoms with E-state index < -0.39 is 17.5 Å². The molecule has 128 valence electrons. The van der Waals surface area contributed by atoms with Gasteiger partial charge in [-0.1, -0.05) is 35.3 Å². The van der Waals surface area contributed by atoms with Gasteiger partial charge in [-0.25, -0.2) is 13.8 Å². The summed E-state index contributed by atoms with van der Waals surface area (Å²) < 4.78 is 26.4. The van der Waals surface area contributed by atoms with Gasteiger partial charge in [-0.3, -0.25) is 10.1 Å². The third-order valence-electron chi connectivity index (χ3n) is 3.32. The molecule has 0 atom stereocenters. The van der Waals surface area contributed by atoms with Gasteiger partial charge in [0.1, 0.15) is 0 Å². The van der Waals surface area contributed by atoms with E-state index in [0.717, 1.165) is 22.6 Å². The molecule has 0 saturated carbocycles. The first-order valence-corrected chi connectivity index (χ1v) is 8.64. The minimum absolute atomic E-state index is 0.157. The van der Waals surface area contributed by atoms with E-state index >= 15 is 0 Å². The Morgan fingerprint density at radius 3 is 2.52 bits per heavy atom. The molecule has 0 bridgehead atoms. The van der Waals surface area contributed by atoms with Gasteiger partial charge in [0.2, 0.25) is 0 Å². The minimum Gasteiger partial charge on any atom is -0.298 e. The van der Waals surface area contributed by atoms with E-state index in [4.69, 9.17) is 23.2 Å². The van der Waals surface area contributed by atoms with Crippen LogP contribution in [0.15, 0.2) is 42.6 Å². The van der Waals surface area contributed by atoms with Crippen LogP contribution in [0.3, 0.4) is 0 Å². The van der Waals surface area contributed by atoms with Gasteiger partial charge >= 0.3 is 0 Å². The number of carbonyl (C=O) groups excluding carboxylic acids is 1. The summed E-state index contributed by atoms with van der Waals surface area (Å²) >= 11 is 12.9. The maximum atomic E-state index is 13.3. The monoisotopic (exact) mass is 398 g/mol. The van der Waals surface area contributed by atoms with Crippen molar-refractivity contribution in [1.82, 2.24) is 4.98 Å². The molecule has 1 amide bonds. The molecule has 25 heavy (non-hydrogen) atoms. The highest BCUT2D eigenvalue weighted by Gasteiger charge is 2.16. The van der Waals surface area contributed by atoms with Gasteiger partial charge < -0.3 is 0 Å². The highest BCUT2D eigenvalue weighted by Crippen LogP contribution is 2.25. The number of carbonyl (C=O) groups is 1. The molecule has 3 aromatic rings. The summed E-state index contributed by atoms with van der Waals surface area (Å²) in [5, 5.41) is 3.36. The van der Waals surface area contributed by atoms with Gasteiger partial charge in [0.05, 0.1) is 10.6 Å². The van der Waals surface area contributed by atoms with Gasteiger partial charge in [0.15, 0.2) is 16.8 Å². The normalized spacial score (nSPS) is 10.7. The number of hydrogen-bond acceptors (Lipinski definition) is 3. The predicted octanol–water partition coefficient (Wildman–Crippen LogP) is 5.57. The fourth-order valence-corrected chi connectivity index (χ4v) is 3.32. The number of thiazole rings is 1. The molecule has 3 rings (SSSR count). The maximum Gasteiger partial charge on any atom is 0.259 e. The summed E-state index contributed by atoms with van der Waals surface area (Å²) in [5.74, 6) is -2.91. The third-order valence-corrected chi connectivity index (χ3v) is 4.80. The Labute approximate surface area is 156 Å². The van der Waals surface area contributed by atoms with Crippen molar-refractivity contribution in [2.24, 2.45) is 0 Å². The van der Waals surface area contributed by atoms with E-state index in [1.54, 1.807) is 18.3 Å². The van der Waals surface area contributed by atoms with Gasteiger partial charge in [-0.05, 0) is 29.8 Å². The molecule has 0 aliphatic heterocycles. The molecule has 0 fully saturated rings. The molecule has 1 N–H and O–H groups in total. The number of nitrogens with one attached hydrogen (secondary N) is 1. The second-order valence-electron chi connectivity index (χ2n) is 5.14. The van der Waals surface area contributed by atoms with Crippen molar-refractivity contribution < 1.29 is 13.6 Å². The molecule has 0 unspecified atom stereocenters. The van der Waals surface area contributed by atoms with Crippen molar-refractivity contribution in [1.29, 1.82) is 0 Å². The van der Waals surface area contributed by atoms with Crippen molar-refractivity contribution in [2.75, 3.05) is 5.32 Å². The van der Waals surface area contributed by atoms with Gasteiger partial charge in [0, 0.05) is 22.5 Å². The third kappa shape index (κ3) is 4.34. The zero-order valence-corrected chi connectivity index (χ0v) is 14.9. The van der Waals surface area contributed by atoms with Crippen molar-refractivity contribution in [3.8, 4) is 0 Å². The summed E-state index contributed by atoms with van der Waals surface area (Å²) in [6.07, 6.45) is 2.28. The van der Waals surface area contributed by atoms with E-state index in [1.807, 2.05) is 12.1 Å². The molecule has 0 radical (unpaired) electrons. The van der Waals surface area contributed by atoms with Crippen LogP contribution in [-0.4, -0.2) is 10.9 Å². The van der Waals surface area contributed by atoms with Gasteiger partial charge in [-0.15, -0.1) is 11.3 Å². The van der Waals surface area contributed by atoms with E-state index in [1.165, 1.54) is 11.3 Å². The topological polar surface area (TPSA) is 42.0 Å². The number of anilines is 1. The fraction of sp³-hybridized carbons (Fsp3) is 0.0588. The molecule has 0 aliphatic rings. The van der Waals surface area contributed by atoms with Crippen LogP contribution in [0, 0.1) is 11.6 Å². The molecule has 2 aromatic carbocycles. The number of aromatic nitrogens is 1. The summed E-state index contributed by atoms with van der Waals surface area (Å²) in [4.78, 5) is 17.2. The molecule has 0 saturated heterocycles. The highest BCUT2D eigenvalue weighted by molar-refractivity contribution is 7.15. The Kier molecular flexibility index (Phi) is 5.32. The predicted molar refractivity (Wildman–Crippen MR) is 95.7 cm³/mol. The van der Waals surface area contributed by atoms with Crippen LogP contribution in [0.2, 0.25) is 10.0 Å². The molecule has 1 heterocycles. The van der Waals surface area contributed by atoms with E-state index in [9.17, 15) is 13.6 Å². The Balaban J connectivity index is 1.71. The van der Waals surface area contributed by atoms with Crippen LogP contribution < -0.4 is 5.32 Å². The molecule has 1 aromatic heterocycles. The molecular weight excluding hydrogens is 389 g/mol. The van der Waals surface area contributed by atoms with Crippen LogP contribution in [0.1, 0.15) is 20.8 Å². The zero-order valence-electron chi connectivity index (χ0n) is 12.5. The summed E-state index contributed by atoms with van der Waals surface area (Å²) in [6.45, 7) is 0. The number of rotatable bonds is 4. The molecule has 3 nitrogen and oxygen atoms in total. The minimum atomic E-state index is -1.14. The van der Waals surface area contributed by atoms with Crippen LogP contribution in [0.4, 0.5) is 13.9 Å². The van der Waals surface area contributed by atoms with E-state index in [-0.39, 0.29) is 10.6 Å². The van der Waals surface area contributed by atoms with Crippen LogP contribution in [0.5, 0.6) is 0 Å². The molecule has 8 heteroatoms. The van der Waals surface area contributed by atoms with Gasteiger partial charge in [-0.2, -0.15) is 0 Å². The van der Waals surface area contributed by atoms with Crippen LogP contribution >= 0.6 is 34.5 Å². The van der Waals surface area contributed by atoms with Gasteiger partial charge in [0.25, 0.3) is 5.91 Å². The average molecular weight is 399 g/mol. The number of nitrogens with zero attached hydrogens (tertiary/aromatic N) is 1. The lowest BCUT2D eigenvalue weighted by Crippen LogP contribution is -2.13. The number of amides is 1. The summed E-state index contributed by atoms with van der Waals surface area (Å²) in [5.41, 5.74) is 0.893. The first-order chi connectivity index (χ1) is 11.9. The lowest BCUT2D eigenvalue weighted by molar-refractivity contribution is 0.102. The maximum absolute atomic E-state index is 13.3. The van der Waals surface area contributed by atoms with E-state index in [2.05, 4.69) is 10.3 Å². The Hall–Kier alpha value is -2.02. The van der Waals surface area contributed by atoms with Crippen LogP contribution in [0.25, 0.3) is 0 Å². The first-order valence-electron chi connectivity index (χ1n) is 7.07. The van der Waals surface area contributed by atoms with Crippen molar-refractivity contribution in [3.63, 3.8) is 0 Å². The van der Waals surface area contributed by atoms with Crippen molar-refractivity contribution in [2.45, 2.75) is 6.42 Å². The lowest BCUT2D eigenvalue weighted by atomic mass is 10.1. The Morgan fingerprint density at radius 1 is 1.12 bits per heavy atom. The largest absolute Gasteiger partial charge is 0.298 e. The molecular formula is C17H10Cl2F2N2OS. The number of halogens is 4. The van der Waals surface area contributed by atoms with Crippen LogP contribution in [-0.2, 0) is 6.42 Å². The second kappa shape index (κ2) is 7.47. The molecule has 0 spiro atoms. The summed E-state index contributed by atoms with van der Waals surface area (Å²) in [7, 11) is 0. The zero-order chi connectivity index (χ0) is 18.0. The number of hydrogen-bond donors (Lipinski definition) is 1. The second-order valence-corrected chi connectivity index (χ2v) is 7.09. The number of benzene rings is 2. The highest BCUT2D eigenvalue weighted by atomic mass is 35.5. The van der Waals surface area contributed by atoms with Crippen molar-refractivity contribution >= 4 is 45.6 Å². The summed E-state index contributed by atoms with van der Waals surface area (Å²) in [6, 6.07) is 8.93. The quantitative estimate of drug-likeness (QED) is 0.583. The van der Waals surface area contributed by atoms with Crippen molar-refractivity contribution in [3.05, 3.63) is 80.3 Å². The fourth-order valence-electron chi connectivity index (χ4n) is 2.11. The average Bonchev–Trinajstić information content (AvgIpc) is 3.00. The standard InChI is InChI=1S/C17H10Cl2F2N2OS/c18-10-3-1-9(2-4-10)5-11-8-22-17(25-11)23-16(24)12-6-14(20)15(21)7-13(12)19/h1-4,6-8H,5H2,(H,22,23,24).